The number of hydrogen-bond acceptors (Lipinski definition) is 4. The maximum Gasteiger partial charge on any atom is 0.350 e. The Labute approximate surface area is 141 Å². The highest BCUT2D eigenvalue weighted by molar-refractivity contribution is 5.76. The van der Waals surface area contributed by atoms with Gasteiger partial charge in [0.15, 0.2) is 5.65 Å². The van der Waals surface area contributed by atoms with Crippen molar-refractivity contribution in [1.82, 2.24) is 24.4 Å². The number of likely N-dealkylation sites (tertiary alicyclic amines) is 1. The van der Waals surface area contributed by atoms with E-state index in [0.29, 0.717) is 24.5 Å². The standard InChI is InChI=1S/C17H25N5O2/c1-18-9-5-14-6-11-20(12-7-14)16(23)8-13-22-17(24)21-10-3-2-4-15(21)19-22/h2-4,10,14,18H,5-9,11-13H2,1H3. The second-order valence-corrected chi connectivity index (χ2v) is 6.40. The molecule has 3 heterocycles. The van der Waals surface area contributed by atoms with Gasteiger partial charge in [0.25, 0.3) is 0 Å². The minimum Gasteiger partial charge on any atom is -0.343 e. The lowest BCUT2D eigenvalue weighted by atomic mass is 9.93. The molecule has 1 fully saturated rings. The van der Waals surface area contributed by atoms with Gasteiger partial charge in [-0.25, -0.2) is 9.48 Å². The molecule has 0 spiro atoms. The summed E-state index contributed by atoms with van der Waals surface area (Å²) >= 11 is 0. The number of carbonyl (C=O) groups excluding carboxylic acids is 1. The van der Waals surface area contributed by atoms with Gasteiger partial charge in [0.1, 0.15) is 0 Å². The van der Waals surface area contributed by atoms with Crippen molar-refractivity contribution in [1.29, 1.82) is 0 Å². The Morgan fingerprint density at radius 2 is 2.12 bits per heavy atom. The second kappa shape index (κ2) is 7.61. The average Bonchev–Trinajstić information content (AvgIpc) is 2.94. The normalized spacial score (nSPS) is 16.0. The number of carbonyl (C=O) groups is 1. The first-order valence-corrected chi connectivity index (χ1v) is 8.65. The molecule has 0 aliphatic carbocycles. The van der Waals surface area contributed by atoms with E-state index in [4.69, 9.17) is 0 Å². The monoisotopic (exact) mass is 331 g/mol. The summed E-state index contributed by atoms with van der Waals surface area (Å²) in [4.78, 5) is 26.5. The number of pyridine rings is 1. The van der Waals surface area contributed by atoms with Crippen molar-refractivity contribution in [2.75, 3.05) is 26.7 Å². The fraction of sp³-hybridized carbons (Fsp3) is 0.588. The second-order valence-electron chi connectivity index (χ2n) is 6.40. The lowest BCUT2D eigenvalue weighted by molar-refractivity contribution is -0.132. The zero-order chi connectivity index (χ0) is 16.9. The van der Waals surface area contributed by atoms with Crippen LogP contribution < -0.4 is 11.0 Å². The Balaban J connectivity index is 1.52. The number of hydrogen-bond donors (Lipinski definition) is 1. The van der Waals surface area contributed by atoms with E-state index in [1.807, 2.05) is 18.0 Å². The van der Waals surface area contributed by atoms with Gasteiger partial charge in [0.05, 0.1) is 6.54 Å². The van der Waals surface area contributed by atoms with Crippen LogP contribution in [0.5, 0.6) is 0 Å². The minimum absolute atomic E-state index is 0.117. The van der Waals surface area contributed by atoms with Crippen LogP contribution in [0, 0.1) is 5.92 Å². The van der Waals surface area contributed by atoms with Crippen molar-refractivity contribution in [2.24, 2.45) is 5.92 Å². The molecule has 0 radical (unpaired) electrons. The largest absolute Gasteiger partial charge is 0.350 e. The summed E-state index contributed by atoms with van der Waals surface area (Å²) in [5, 5.41) is 7.45. The van der Waals surface area contributed by atoms with Gasteiger partial charge < -0.3 is 10.2 Å². The summed E-state index contributed by atoms with van der Waals surface area (Å²) in [6.45, 7) is 3.02. The third kappa shape index (κ3) is 3.67. The molecule has 1 amide bonds. The Morgan fingerprint density at radius 1 is 1.33 bits per heavy atom. The quantitative estimate of drug-likeness (QED) is 0.847. The molecule has 7 heteroatoms. The topological polar surface area (TPSA) is 71.6 Å². The van der Waals surface area contributed by atoms with E-state index in [2.05, 4.69) is 10.4 Å². The minimum atomic E-state index is -0.191. The molecule has 0 atom stereocenters. The summed E-state index contributed by atoms with van der Waals surface area (Å²) in [7, 11) is 1.97. The highest BCUT2D eigenvalue weighted by atomic mass is 16.2. The first kappa shape index (κ1) is 16.7. The molecular weight excluding hydrogens is 306 g/mol. The van der Waals surface area contributed by atoms with Crippen LogP contribution in [0.2, 0.25) is 0 Å². The molecule has 2 aromatic heterocycles. The number of fused-ring (bicyclic) bond motifs is 1. The van der Waals surface area contributed by atoms with Crippen LogP contribution in [0.15, 0.2) is 29.2 Å². The molecule has 1 saturated heterocycles. The van der Waals surface area contributed by atoms with Crippen molar-refractivity contribution in [3.05, 3.63) is 34.9 Å². The van der Waals surface area contributed by atoms with E-state index in [1.165, 1.54) is 15.5 Å². The molecule has 0 bridgehead atoms. The number of nitrogens with one attached hydrogen (secondary N) is 1. The van der Waals surface area contributed by atoms with E-state index >= 15 is 0 Å². The van der Waals surface area contributed by atoms with Crippen molar-refractivity contribution in [3.8, 4) is 0 Å². The lowest BCUT2D eigenvalue weighted by Crippen LogP contribution is -2.39. The van der Waals surface area contributed by atoms with Gasteiger partial charge in [-0.1, -0.05) is 6.07 Å². The first-order valence-electron chi connectivity index (χ1n) is 8.65. The van der Waals surface area contributed by atoms with Crippen LogP contribution in [0.3, 0.4) is 0 Å². The smallest absolute Gasteiger partial charge is 0.343 e. The zero-order valence-corrected chi connectivity index (χ0v) is 14.1. The molecule has 0 aromatic carbocycles. The van der Waals surface area contributed by atoms with Gasteiger partial charge in [-0.15, -0.1) is 5.10 Å². The van der Waals surface area contributed by atoms with Gasteiger partial charge in [0.2, 0.25) is 5.91 Å². The summed E-state index contributed by atoms with van der Waals surface area (Å²) in [6, 6.07) is 5.43. The number of rotatable bonds is 6. The zero-order valence-electron chi connectivity index (χ0n) is 14.1. The van der Waals surface area contributed by atoms with E-state index in [9.17, 15) is 9.59 Å². The maximum atomic E-state index is 12.4. The van der Waals surface area contributed by atoms with Crippen molar-refractivity contribution in [3.63, 3.8) is 0 Å². The van der Waals surface area contributed by atoms with E-state index in [-0.39, 0.29) is 11.6 Å². The van der Waals surface area contributed by atoms with Crippen molar-refractivity contribution >= 4 is 11.6 Å². The van der Waals surface area contributed by atoms with Crippen LogP contribution >= 0.6 is 0 Å². The van der Waals surface area contributed by atoms with Gasteiger partial charge in [0, 0.05) is 25.7 Å². The van der Waals surface area contributed by atoms with Crippen molar-refractivity contribution < 1.29 is 4.79 Å². The number of nitrogens with zero attached hydrogens (tertiary/aromatic N) is 4. The Morgan fingerprint density at radius 3 is 2.83 bits per heavy atom. The van der Waals surface area contributed by atoms with Crippen molar-refractivity contribution in [2.45, 2.75) is 32.2 Å². The van der Waals surface area contributed by atoms with Crippen LogP contribution in [0.4, 0.5) is 0 Å². The molecule has 1 N–H and O–H groups in total. The van der Waals surface area contributed by atoms with Gasteiger partial charge in [-0.3, -0.25) is 9.20 Å². The van der Waals surface area contributed by atoms with Crippen LogP contribution in [-0.4, -0.2) is 51.7 Å². The van der Waals surface area contributed by atoms with Crippen LogP contribution in [0.1, 0.15) is 25.7 Å². The highest BCUT2D eigenvalue weighted by Crippen LogP contribution is 2.20. The number of aryl methyl sites for hydroxylation is 1. The summed E-state index contributed by atoms with van der Waals surface area (Å²) in [6.07, 6.45) is 5.34. The molecule has 7 nitrogen and oxygen atoms in total. The SMILES string of the molecule is CNCCC1CCN(C(=O)CCn2nc3ccccn3c2=O)CC1. The molecular formula is C17H25N5O2. The predicted molar refractivity (Wildman–Crippen MR) is 91.9 cm³/mol. The summed E-state index contributed by atoms with van der Waals surface area (Å²) in [5.74, 6) is 0.827. The Hall–Kier alpha value is -2.15. The summed E-state index contributed by atoms with van der Waals surface area (Å²) in [5.41, 5.74) is 0.421. The van der Waals surface area contributed by atoms with Gasteiger partial charge >= 0.3 is 5.69 Å². The number of piperidine rings is 1. The molecule has 24 heavy (non-hydrogen) atoms. The predicted octanol–water partition coefficient (Wildman–Crippen LogP) is 0.734. The van der Waals surface area contributed by atoms with Gasteiger partial charge in [-0.2, -0.15) is 0 Å². The van der Waals surface area contributed by atoms with E-state index in [1.54, 1.807) is 18.3 Å². The number of amides is 1. The van der Waals surface area contributed by atoms with Crippen LogP contribution in [-0.2, 0) is 11.3 Å². The fourth-order valence-corrected chi connectivity index (χ4v) is 3.29. The molecule has 3 rings (SSSR count). The van der Waals surface area contributed by atoms with Crippen LogP contribution in [0.25, 0.3) is 5.65 Å². The lowest BCUT2D eigenvalue weighted by Gasteiger charge is -2.32. The average molecular weight is 331 g/mol. The molecule has 2 aromatic rings. The number of aromatic nitrogens is 3. The molecule has 130 valence electrons. The van der Waals surface area contributed by atoms with Gasteiger partial charge in [-0.05, 0) is 50.9 Å². The van der Waals surface area contributed by atoms with E-state index in [0.717, 1.165) is 32.5 Å². The highest BCUT2D eigenvalue weighted by Gasteiger charge is 2.22. The maximum absolute atomic E-state index is 12.4. The molecule has 1 aliphatic heterocycles. The Kier molecular flexibility index (Phi) is 5.30. The Bertz CT molecular complexity index is 743. The third-order valence-corrected chi connectivity index (χ3v) is 4.80. The molecule has 1 aliphatic rings. The summed E-state index contributed by atoms with van der Waals surface area (Å²) < 4.78 is 2.88. The molecule has 0 saturated carbocycles. The third-order valence-electron chi connectivity index (χ3n) is 4.80. The van der Waals surface area contributed by atoms with E-state index < -0.39 is 0 Å². The fourth-order valence-electron chi connectivity index (χ4n) is 3.29. The molecule has 0 unspecified atom stereocenters. The first-order chi connectivity index (χ1) is 11.7.